The smallest absolute Gasteiger partial charge is 0.310 e. The van der Waals surface area contributed by atoms with Gasteiger partial charge in [0, 0.05) is 30.1 Å². The molecular formula is C19H24N2O6. The molecule has 1 aliphatic heterocycles. The van der Waals surface area contributed by atoms with E-state index in [1.165, 1.54) is 14.0 Å². The monoisotopic (exact) mass is 376 g/mol. The number of ketones is 1. The van der Waals surface area contributed by atoms with Crippen LogP contribution < -0.4 is 10.5 Å². The predicted molar refractivity (Wildman–Crippen MR) is 96.2 cm³/mol. The summed E-state index contributed by atoms with van der Waals surface area (Å²) in [5.41, 5.74) is 6.25. The van der Waals surface area contributed by atoms with E-state index in [1.54, 1.807) is 23.1 Å². The maximum absolute atomic E-state index is 12.2. The molecule has 2 N–H and O–H groups in total. The number of piperidine rings is 1. The largest absolute Gasteiger partial charge is 0.496 e. The summed E-state index contributed by atoms with van der Waals surface area (Å²) in [6.45, 7) is 1.90. The van der Waals surface area contributed by atoms with E-state index in [0.29, 0.717) is 42.8 Å². The Morgan fingerprint density at radius 1 is 1.19 bits per heavy atom. The maximum Gasteiger partial charge on any atom is 0.310 e. The zero-order chi connectivity index (χ0) is 20.0. The fraction of sp³-hybridized carbons (Fsp3) is 0.474. The van der Waals surface area contributed by atoms with Crippen LogP contribution in [-0.4, -0.2) is 55.3 Å². The van der Waals surface area contributed by atoms with Crippen LogP contribution in [-0.2, 0) is 25.5 Å². The number of primary amides is 1. The van der Waals surface area contributed by atoms with Crippen LogP contribution >= 0.6 is 0 Å². The lowest BCUT2D eigenvalue weighted by Gasteiger charge is -2.30. The zero-order valence-corrected chi connectivity index (χ0v) is 15.5. The van der Waals surface area contributed by atoms with Gasteiger partial charge in [0.2, 0.25) is 5.91 Å². The molecule has 0 radical (unpaired) electrons. The summed E-state index contributed by atoms with van der Waals surface area (Å²) in [6.07, 6.45) is 0.926. The highest BCUT2D eigenvalue weighted by Crippen LogP contribution is 2.21. The van der Waals surface area contributed by atoms with Crippen molar-refractivity contribution in [1.29, 1.82) is 0 Å². The standard InChI is InChI=1S/C19H24N2O6/c1-12(22)14-3-4-16(26-2)15(9-14)10-18(24)27-11-17(23)21-7-5-13(6-8-21)19(20)25/h3-4,9,13H,5-8,10-11H2,1-2H3,(H2,20,25). The minimum absolute atomic E-state index is 0.110. The van der Waals surface area contributed by atoms with Crippen LogP contribution in [0.5, 0.6) is 5.75 Å². The van der Waals surface area contributed by atoms with Gasteiger partial charge in [-0.05, 0) is 38.0 Å². The number of esters is 1. The van der Waals surface area contributed by atoms with E-state index in [2.05, 4.69) is 0 Å². The van der Waals surface area contributed by atoms with Gasteiger partial charge >= 0.3 is 5.97 Å². The number of carbonyl (C=O) groups excluding carboxylic acids is 4. The van der Waals surface area contributed by atoms with Crippen molar-refractivity contribution >= 4 is 23.6 Å². The molecule has 0 aliphatic carbocycles. The number of nitrogens with zero attached hydrogens (tertiary/aromatic N) is 1. The number of carbonyl (C=O) groups is 4. The maximum atomic E-state index is 12.2. The van der Waals surface area contributed by atoms with Gasteiger partial charge in [-0.3, -0.25) is 19.2 Å². The lowest BCUT2D eigenvalue weighted by Crippen LogP contribution is -2.43. The molecule has 0 spiro atoms. The first-order valence-electron chi connectivity index (χ1n) is 8.72. The molecule has 1 heterocycles. The molecule has 1 aliphatic rings. The Labute approximate surface area is 157 Å². The number of Topliss-reactive ketones (excluding diaryl/α,β-unsaturated/α-hetero) is 1. The van der Waals surface area contributed by atoms with E-state index < -0.39 is 5.97 Å². The second-order valence-corrected chi connectivity index (χ2v) is 6.48. The van der Waals surface area contributed by atoms with Gasteiger partial charge in [-0.2, -0.15) is 0 Å². The van der Waals surface area contributed by atoms with E-state index in [4.69, 9.17) is 15.2 Å². The van der Waals surface area contributed by atoms with Gasteiger partial charge in [0.25, 0.3) is 5.91 Å². The van der Waals surface area contributed by atoms with Gasteiger partial charge in [-0.25, -0.2) is 0 Å². The summed E-state index contributed by atoms with van der Waals surface area (Å²) >= 11 is 0. The molecule has 8 heteroatoms. The summed E-state index contributed by atoms with van der Waals surface area (Å²) < 4.78 is 10.3. The van der Waals surface area contributed by atoms with Crippen LogP contribution in [0.4, 0.5) is 0 Å². The third-order valence-electron chi connectivity index (χ3n) is 4.63. The molecule has 1 aromatic rings. The second kappa shape index (κ2) is 9.16. The Morgan fingerprint density at radius 3 is 2.41 bits per heavy atom. The van der Waals surface area contributed by atoms with Crippen LogP contribution in [0.2, 0.25) is 0 Å². The Morgan fingerprint density at radius 2 is 1.85 bits per heavy atom. The second-order valence-electron chi connectivity index (χ2n) is 6.48. The highest BCUT2D eigenvalue weighted by molar-refractivity contribution is 5.94. The van der Waals surface area contributed by atoms with Crippen molar-refractivity contribution in [2.75, 3.05) is 26.8 Å². The van der Waals surface area contributed by atoms with Crippen molar-refractivity contribution in [2.45, 2.75) is 26.2 Å². The Kier molecular flexibility index (Phi) is 6.92. The lowest BCUT2D eigenvalue weighted by molar-refractivity contribution is -0.152. The van der Waals surface area contributed by atoms with E-state index in [-0.39, 0.29) is 36.5 Å². The van der Waals surface area contributed by atoms with Gasteiger partial charge in [0.1, 0.15) is 5.75 Å². The third-order valence-corrected chi connectivity index (χ3v) is 4.63. The zero-order valence-electron chi connectivity index (χ0n) is 15.5. The van der Waals surface area contributed by atoms with Crippen molar-refractivity contribution in [3.8, 4) is 5.75 Å². The molecule has 0 aromatic heterocycles. The summed E-state index contributed by atoms with van der Waals surface area (Å²) in [7, 11) is 1.47. The summed E-state index contributed by atoms with van der Waals surface area (Å²) in [6, 6.07) is 4.82. The number of rotatable bonds is 7. The van der Waals surface area contributed by atoms with Crippen molar-refractivity contribution in [2.24, 2.45) is 11.7 Å². The summed E-state index contributed by atoms with van der Waals surface area (Å²) in [4.78, 5) is 48.5. The summed E-state index contributed by atoms with van der Waals surface area (Å²) in [5.74, 6) is -1.11. The van der Waals surface area contributed by atoms with E-state index in [9.17, 15) is 19.2 Å². The van der Waals surface area contributed by atoms with Gasteiger partial charge in [0.05, 0.1) is 13.5 Å². The van der Waals surface area contributed by atoms with Gasteiger partial charge in [-0.1, -0.05) is 0 Å². The van der Waals surface area contributed by atoms with Gasteiger partial charge < -0.3 is 20.1 Å². The average Bonchev–Trinajstić information content (AvgIpc) is 2.66. The molecule has 8 nitrogen and oxygen atoms in total. The minimum Gasteiger partial charge on any atom is -0.496 e. The molecule has 0 bridgehead atoms. The van der Waals surface area contributed by atoms with Crippen LogP contribution in [0.15, 0.2) is 18.2 Å². The molecule has 2 rings (SSSR count). The van der Waals surface area contributed by atoms with Crippen molar-refractivity contribution in [1.82, 2.24) is 4.90 Å². The molecule has 27 heavy (non-hydrogen) atoms. The number of methoxy groups -OCH3 is 1. The number of amides is 2. The average molecular weight is 376 g/mol. The first-order chi connectivity index (χ1) is 12.8. The lowest BCUT2D eigenvalue weighted by atomic mass is 9.96. The molecule has 1 aromatic carbocycles. The number of ether oxygens (including phenoxy) is 2. The van der Waals surface area contributed by atoms with Crippen LogP contribution in [0, 0.1) is 5.92 Å². The molecule has 1 saturated heterocycles. The first kappa shape index (κ1) is 20.4. The molecule has 146 valence electrons. The van der Waals surface area contributed by atoms with E-state index in [1.807, 2.05) is 0 Å². The Hall–Kier alpha value is -2.90. The normalized spacial score (nSPS) is 14.5. The summed E-state index contributed by atoms with van der Waals surface area (Å²) in [5, 5.41) is 0. The predicted octanol–water partition coefficient (Wildman–Crippen LogP) is 0.707. The number of nitrogens with two attached hydrogens (primary N) is 1. The molecule has 0 atom stereocenters. The fourth-order valence-corrected chi connectivity index (χ4v) is 2.99. The SMILES string of the molecule is COc1ccc(C(C)=O)cc1CC(=O)OCC(=O)N1CCC(C(N)=O)CC1. The topological polar surface area (TPSA) is 116 Å². The third kappa shape index (κ3) is 5.54. The number of hydrogen-bond acceptors (Lipinski definition) is 6. The van der Waals surface area contributed by atoms with Crippen LogP contribution in [0.1, 0.15) is 35.7 Å². The van der Waals surface area contributed by atoms with Crippen LogP contribution in [0.3, 0.4) is 0 Å². The van der Waals surface area contributed by atoms with Crippen molar-refractivity contribution in [3.63, 3.8) is 0 Å². The highest BCUT2D eigenvalue weighted by atomic mass is 16.5. The first-order valence-corrected chi connectivity index (χ1v) is 8.72. The van der Waals surface area contributed by atoms with Crippen molar-refractivity contribution < 1.29 is 28.7 Å². The number of hydrogen-bond donors (Lipinski definition) is 1. The quantitative estimate of drug-likeness (QED) is 0.553. The fourth-order valence-electron chi connectivity index (χ4n) is 2.99. The number of benzene rings is 1. The van der Waals surface area contributed by atoms with E-state index >= 15 is 0 Å². The van der Waals surface area contributed by atoms with Gasteiger partial charge in [-0.15, -0.1) is 0 Å². The number of likely N-dealkylation sites (tertiary alicyclic amines) is 1. The molecule has 0 unspecified atom stereocenters. The van der Waals surface area contributed by atoms with Crippen LogP contribution in [0.25, 0.3) is 0 Å². The molecule has 1 fully saturated rings. The Balaban J connectivity index is 1.87. The van der Waals surface area contributed by atoms with Gasteiger partial charge in [0.15, 0.2) is 12.4 Å². The van der Waals surface area contributed by atoms with E-state index in [0.717, 1.165) is 0 Å². The minimum atomic E-state index is -0.589. The Bertz CT molecular complexity index is 738. The highest BCUT2D eigenvalue weighted by Gasteiger charge is 2.26. The molecular weight excluding hydrogens is 352 g/mol. The van der Waals surface area contributed by atoms with Crippen molar-refractivity contribution in [3.05, 3.63) is 29.3 Å². The molecule has 2 amide bonds. The molecule has 0 saturated carbocycles.